The largest absolute Gasteiger partial charge is 0.379 e. The zero-order chi connectivity index (χ0) is 24.2. The van der Waals surface area contributed by atoms with E-state index in [2.05, 4.69) is 61.0 Å². The van der Waals surface area contributed by atoms with Crippen LogP contribution in [0.3, 0.4) is 0 Å². The standard InChI is InChI=1S/C26H37N7O2/c1-3-24(25-28-29-30-33(25)22-6-4-5-7-22)32(11-10-31-12-14-35-15-13-31)18-21-17-20-16-19(2)8-9-23(20)27-26(21)34/h8-9,16-17,22,24H,3-7,10-15,18H2,1-2H3,(H,27,34)/t24-/m1/s1. The van der Waals surface area contributed by atoms with Crippen LogP contribution in [0.4, 0.5) is 0 Å². The van der Waals surface area contributed by atoms with Crippen molar-refractivity contribution in [1.82, 2.24) is 35.0 Å². The van der Waals surface area contributed by atoms with Gasteiger partial charge in [0.2, 0.25) is 0 Å². The third-order valence-corrected chi connectivity index (χ3v) is 7.57. The molecule has 0 unspecified atom stereocenters. The minimum atomic E-state index is -0.0250. The molecule has 2 fully saturated rings. The van der Waals surface area contributed by atoms with Gasteiger partial charge in [-0.05, 0) is 60.2 Å². The van der Waals surface area contributed by atoms with E-state index in [1.54, 1.807) is 0 Å². The summed E-state index contributed by atoms with van der Waals surface area (Å²) in [5.74, 6) is 0.925. The second kappa shape index (κ2) is 11.0. The molecule has 1 atom stereocenters. The minimum Gasteiger partial charge on any atom is -0.379 e. The second-order valence-corrected chi connectivity index (χ2v) is 9.98. The molecular formula is C26H37N7O2. The van der Waals surface area contributed by atoms with Crippen LogP contribution >= 0.6 is 0 Å². The van der Waals surface area contributed by atoms with Crippen molar-refractivity contribution in [1.29, 1.82) is 0 Å². The maximum absolute atomic E-state index is 13.1. The molecule has 0 amide bonds. The van der Waals surface area contributed by atoms with Gasteiger partial charge in [0.15, 0.2) is 5.82 Å². The Labute approximate surface area is 206 Å². The lowest BCUT2D eigenvalue weighted by molar-refractivity contribution is 0.0291. The maximum Gasteiger partial charge on any atom is 0.252 e. The van der Waals surface area contributed by atoms with Crippen LogP contribution in [-0.2, 0) is 11.3 Å². The molecule has 0 radical (unpaired) electrons. The lowest BCUT2D eigenvalue weighted by Crippen LogP contribution is -2.43. The van der Waals surface area contributed by atoms with Crippen LogP contribution in [0.15, 0.2) is 29.1 Å². The zero-order valence-corrected chi connectivity index (χ0v) is 20.9. The molecule has 0 spiro atoms. The molecule has 2 aliphatic rings. The van der Waals surface area contributed by atoms with E-state index in [-0.39, 0.29) is 11.6 Å². The molecule has 1 aliphatic carbocycles. The molecule has 3 aromatic rings. The van der Waals surface area contributed by atoms with Gasteiger partial charge < -0.3 is 9.72 Å². The summed E-state index contributed by atoms with van der Waals surface area (Å²) in [6.45, 7) is 10.0. The Balaban J connectivity index is 1.45. The normalized spacial score (nSPS) is 18.6. The Bertz CT molecular complexity index is 1180. The third-order valence-electron chi connectivity index (χ3n) is 7.57. The Morgan fingerprint density at radius 1 is 1.20 bits per heavy atom. The van der Waals surface area contributed by atoms with Crippen molar-refractivity contribution in [2.75, 3.05) is 39.4 Å². The molecular weight excluding hydrogens is 442 g/mol. The van der Waals surface area contributed by atoms with Gasteiger partial charge in [0.1, 0.15) is 0 Å². The Kier molecular flexibility index (Phi) is 7.55. The number of pyridine rings is 1. The van der Waals surface area contributed by atoms with Crippen LogP contribution in [0.1, 0.15) is 68.1 Å². The molecule has 1 aromatic carbocycles. The highest BCUT2D eigenvalue weighted by Crippen LogP contribution is 2.33. The number of aromatic amines is 1. The van der Waals surface area contributed by atoms with E-state index in [1.807, 2.05) is 12.1 Å². The summed E-state index contributed by atoms with van der Waals surface area (Å²) in [6.07, 6.45) is 5.60. The number of hydrogen-bond donors (Lipinski definition) is 1. The second-order valence-electron chi connectivity index (χ2n) is 9.98. The molecule has 9 heteroatoms. The molecule has 2 aromatic heterocycles. The SMILES string of the molecule is CC[C@H](c1nnnn1C1CCCC1)N(CCN1CCOCC1)Cc1cc2cc(C)ccc2[nH]c1=O. The van der Waals surface area contributed by atoms with Crippen molar-refractivity contribution in [2.45, 2.75) is 64.6 Å². The number of benzene rings is 1. The predicted octanol–water partition coefficient (Wildman–Crippen LogP) is 3.22. The number of aromatic nitrogens is 5. The Morgan fingerprint density at radius 2 is 2.00 bits per heavy atom. The van der Waals surface area contributed by atoms with Gasteiger partial charge >= 0.3 is 0 Å². The first kappa shape index (κ1) is 24.1. The number of ether oxygens (including phenoxy) is 1. The fourth-order valence-corrected chi connectivity index (χ4v) is 5.58. The molecule has 188 valence electrons. The molecule has 3 heterocycles. The number of morpholine rings is 1. The van der Waals surface area contributed by atoms with E-state index < -0.39 is 0 Å². The first-order valence-corrected chi connectivity index (χ1v) is 13.1. The highest BCUT2D eigenvalue weighted by atomic mass is 16.5. The van der Waals surface area contributed by atoms with Crippen LogP contribution in [0.2, 0.25) is 0 Å². The maximum atomic E-state index is 13.1. The average Bonchev–Trinajstić information content (AvgIpc) is 3.56. The predicted molar refractivity (Wildman–Crippen MR) is 135 cm³/mol. The van der Waals surface area contributed by atoms with E-state index in [0.717, 1.165) is 80.9 Å². The van der Waals surface area contributed by atoms with E-state index in [0.29, 0.717) is 12.6 Å². The Hall–Kier alpha value is -2.62. The molecule has 1 saturated heterocycles. The lowest BCUT2D eigenvalue weighted by Gasteiger charge is -2.34. The summed E-state index contributed by atoms with van der Waals surface area (Å²) in [4.78, 5) is 21.0. The first-order chi connectivity index (χ1) is 17.1. The fourth-order valence-electron chi connectivity index (χ4n) is 5.58. The van der Waals surface area contributed by atoms with Crippen molar-refractivity contribution >= 4 is 10.9 Å². The van der Waals surface area contributed by atoms with Gasteiger partial charge in [-0.2, -0.15) is 0 Å². The highest BCUT2D eigenvalue weighted by molar-refractivity contribution is 5.79. The summed E-state index contributed by atoms with van der Waals surface area (Å²) >= 11 is 0. The van der Waals surface area contributed by atoms with Gasteiger partial charge in [0.25, 0.3) is 5.56 Å². The summed E-state index contributed by atoms with van der Waals surface area (Å²) in [5, 5.41) is 14.1. The summed E-state index contributed by atoms with van der Waals surface area (Å²) in [5.41, 5.74) is 2.81. The molecule has 9 nitrogen and oxygen atoms in total. The van der Waals surface area contributed by atoms with Gasteiger partial charge in [0, 0.05) is 43.8 Å². The van der Waals surface area contributed by atoms with Crippen LogP contribution in [-0.4, -0.2) is 74.4 Å². The van der Waals surface area contributed by atoms with Gasteiger partial charge in [-0.3, -0.25) is 14.6 Å². The van der Waals surface area contributed by atoms with Gasteiger partial charge in [0.05, 0.1) is 25.3 Å². The van der Waals surface area contributed by atoms with Crippen molar-refractivity contribution in [2.24, 2.45) is 0 Å². The van der Waals surface area contributed by atoms with Crippen LogP contribution in [0.25, 0.3) is 10.9 Å². The lowest BCUT2D eigenvalue weighted by atomic mass is 10.1. The van der Waals surface area contributed by atoms with Crippen molar-refractivity contribution in [3.05, 3.63) is 51.6 Å². The number of H-pyrrole nitrogens is 1. The molecule has 1 saturated carbocycles. The summed E-state index contributed by atoms with van der Waals surface area (Å²) in [6, 6.07) is 8.61. The van der Waals surface area contributed by atoms with Gasteiger partial charge in [-0.25, -0.2) is 4.68 Å². The van der Waals surface area contributed by atoms with Crippen LogP contribution in [0.5, 0.6) is 0 Å². The number of nitrogens with one attached hydrogen (secondary N) is 1. The zero-order valence-electron chi connectivity index (χ0n) is 20.9. The van der Waals surface area contributed by atoms with E-state index in [4.69, 9.17) is 4.74 Å². The number of tetrazole rings is 1. The summed E-state index contributed by atoms with van der Waals surface area (Å²) in [7, 11) is 0. The molecule has 5 rings (SSSR count). The summed E-state index contributed by atoms with van der Waals surface area (Å²) < 4.78 is 7.60. The highest BCUT2D eigenvalue weighted by Gasteiger charge is 2.30. The first-order valence-electron chi connectivity index (χ1n) is 13.1. The van der Waals surface area contributed by atoms with Crippen LogP contribution < -0.4 is 5.56 Å². The van der Waals surface area contributed by atoms with Gasteiger partial charge in [-0.15, -0.1) is 5.10 Å². The topological polar surface area (TPSA) is 92.2 Å². The average molecular weight is 480 g/mol. The molecule has 1 N–H and O–H groups in total. The fraction of sp³-hybridized carbons (Fsp3) is 0.615. The number of fused-ring (bicyclic) bond motifs is 1. The quantitative estimate of drug-likeness (QED) is 0.504. The van der Waals surface area contributed by atoms with E-state index in [9.17, 15) is 4.79 Å². The van der Waals surface area contributed by atoms with Crippen LogP contribution in [0, 0.1) is 6.92 Å². The monoisotopic (exact) mass is 479 g/mol. The molecule has 0 bridgehead atoms. The number of aryl methyl sites for hydroxylation is 1. The van der Waals surface area contributed by atoms with Crippen molar-refractivity contribution in [3.8, 4) is 0 Å². The smallest absolute Gasteiger partial charge is 0.252 e. The number of hydrogen-bond acceptors (Lipinski definition) is 7. The number of rotatable bonds is 9. The van der Waals surface area contributed by atoms with Gasteiger partial charge in [-0.1, -0.05) is 31.4 Å². The minimum absolute atomic E-state index is 0.0250. The Morgan fingerprint density at radius 3 is 2.77 bits per heavy atom. The van der Waals surface area contributed by atoms with E-state index >= 15 is 0 Å². The van der Waals surface area contributed by atoms with E-state index in [1.165, 1.54) is 18.4 Å². The van der Waals surface area contributed by atoms with Crippen molar-refractivity contribution in [3.63, 3.8) is 0 Å². The number of nitrogens with zero attached hydrogens (tertiary/aromatic N) is 6. The molecule has 1 aliphatic heterocycles. The van der Waals surface area contributed by atoms with Crippen molar-refractivity contribution < 1.29 is 4.74 Å². The third kappa shape index (κ3) is 5.47. The molecule has 35 heavy (non-hydrogen) atoms.